The van der Waals surface area contributed by atoms with Crippen molar-refractivity contribution >= 4 is 83.1 Å². The quantitative estimate of drug-likeness (QED) is 0.0729. The zero-order valence-corrected chi connectivity index (χ0v) is 58.0. The van der Waals surface area contributed by atoms with Crippen LogP contribution in [0.3, 0.4) is 0 Å². The lowest BCUT2D eigenvalue weighted by Crippen LogP contribution is -2.44. The second-order valence-electron chi connectivity index (χ2n) is 34.1. The summed E-state index contributed by atoms with van der Waals surface area (Å²) in [4.78, 5) is 21.6. The highest BCUT2D eigenvalue weighted by Gasteiger charge is 2.39. The molecule has 464 valence electrons. The minimum atomic E-state index is -1.06. The Balaban J connectivity index is 1.30. The first-order valence-corrected chi connectivity index (χ1v) is 33.1. The summed E-state index contributed by atoms with van der Waals surface area (Å²) < 4.78 is 0. The number of aliphatic hydroxyl groups excluding tert-OH is 1. The van der Waals surface area contributed by atoms with Gasteiger partial charge in [-0.1, -0.05) is 225 Å². The number of anilines is 6. The molecule has 0 radical (unpaired) electrons. The molecule has 1 N–H and O–H groups in total. The van der Waals surface area contributed by atoms with Gasteiger partial charge in [0.25, 0.3) is 5.91 Å². The number of rotatable bonds is 17. The summed E-state index contributed by atoms with van der Waals surface area (Å²) in [6, 6.07) is 55.6. The summed E-state index contributed by atoms with van der Waals surface area (Å²) >= 11 is 0. The van der Waals surface area contributed by atoms with E-state index in [-0.39, 0.29) is 55.3 Å². The molecule has 1 heterocycles. The van der Waals surface area contributed by atoms with Crippen molar-refractivity contribution in [2.24, 2.45) is 21.7 Å². The van der Waals surface area contributed by atoms with E-state index in [1.54, 1.807) is 4.90 Å². The van der Waals surface area contributed by atoms with Crippen LogP contribution in [0.15, 0.2) is 146 Å². The molecule has 1 aliphatic rings. The second-order valence-corrected chi connectivity index (χ2v) is 34.1. The third-order valence-corrected chi connectivity index (χ3v) is 19.2. The van der Waals surface area contributed by atoms with Crippen molar-refractivity contribution in [3.8, 4) is 0 Å². The van der Waals surface area contributed by atoms with Crippen LogP contribution in [0, 0.1) is 21.7 Å². The molecule has 0 aliphatic carbocycles. The topological polar surface area (TPSA) is 47.0 Å². The first-order chi connectivity index (χ1) is 40.8. The molecule has 0 bridgehead atoms. The maximum atomic E-state index is 14.9. The number of aliphatic hydroxyl groups is 1. The number of nitrogens with zero attached hydrogens (tertiary/aromatic N) is 3. The number of carbonyl (C=O) groups is 1. The van der Waals surface area contributed by atoms with Crippen LogP contribution >= 0.6 is 0 Å². The highest BCUT2D eigenvalue weighted by Crippen LogP contribution is 2.53. The van der Waals surface area contributed by atoms with E-state index in [9.17, 15) is 9.90 Å². The number of benzene rings is 9. The van der Waals surface area contributed by atoms with Gasteiger partial charge in [-0.25, -0.2) is 0 Å². The average Bonchev–Trinajstić information content (AvgIpc) is 0.718. The number of hydrogen-bond acceptors (Lipinski definition) is 4. The summed E-state index contributed by atoms with van der Waals surface area (Å²) in [5.41, 5.74) is 13.6. The van der Waals surface area contributed by atoms with Gasteiger partial charge in [-0.3, -0.25) is 4.79 Å². The Bertz CT molecular complexity index is 3850. The van der Waals surface area contributed by atoms with Crippen molar-refractivity contribution in [1.29, 1.82) is 0 Å². The number of hydrogen-bond donors (Lipinski definition) is 1. The normalized spacial score (nSPS) is 15.0. The van der Waals surface area contributed by atoms with Gasteiger partial charge in [0.15, 0.2) is 6.23 Å². The van der Waals surface area contributed by atoms with Crippen molar-refractivity contribution < 1.29 is 9.90 Å². The first kappa shape index (κ1) is 64.3. The first-order valence-electron chi connectivity index (χ1n) is 33.1. The van der Waals surface area contributed by atoms with Crippen LogP contribution in [-0.2, 0) is 21.7 Å². The van der Waals surface area contributed by atoms with Gasteiger partial charge in [-0.05, 0) is 209 Å². The lowest BCUT2D eigenvalue weighted by Gasteiger charge is -2.39. The average molecular weight is 1180 g/mol. The van der Waals surface area contributed by atoms with Crippen molar-refractivity contribution in [3.05, 3.63) is 179 Å². The third-order valence-electron chi connectivity index (χ3n) is 19.2. The van der Waals surface area contributed by atoms with E-state index in [0.29, 0.717) is 5.56 Å². The molecule has 10 rings (SSSR count). The fraction of sp³-hybridized carbons (Fsp3) is 0.458. The van der Waals surface area contributed by atoms with Gasteiger partial charge in [0.1, 0.15) is 0 Å². The van der Waals surface area contributed by atoms with Crippen LogP contribution in [0.4, 0.5) is 34.1 Å². The second kappa shape index (κ2) is 22.7. The van der Waals surface area contributed by atoms with E-state index in [2.05, 4.69) is 302 Å². The van der Waals surface area contributed by atoms with Gasteiger partial charge in [-0.2, -0.15) is 0 Å². The molecule has 9 aromatic carbocycles. The molecule has 1 unspecified atom stereocenters. The Morgan fingerprint density at radius 1 is 0.375 bits per heavy atom. The van der Waals surface area contributed by atoms with Crippen LogP contribution in [0.2, 0.25) is 0 Å². The van der Waals surface area contributed by atoms with Crippen LogP contribution in [-0.4, -0.2) is 22.0 Å². The maximum Gasteiger partial charge on any atom is 0.257 e. The van der Waals surface area contributed by atoms with Crippen LogP contribution < -0.4 is 9.80 Å². The molecule has 5 nitrogen and oxygen atoms in total. The molecule has 0 aromatic heterocycles. The predicted octanol–water partition coefficient (Wildman–Crippen LogP) is 24.2. The Labute approximate surface area is 530 Å². The van der Waals surface area contributed by atoms with Crippen molar-refractivity contribution in [3.63, 3.8) is 0 Å². The van der Waals surface area contributed by atoms with Crippen molar-refractivity contribution in [2.75, 3.05) is 9.80 Å². The van der Waals surface area contributed by atoms with Crippen LogP contribution in [0.5, 0.6) is 0 Å². The van der Waals surface area contributed by atoms with E-state index in [1.165, 1.54) is 22.3 Å². The third kappa shape index (κ3) is 12.6. The van der Waals surface area contributed by atoms with E-state index < -0.39 is 6.23 Å². The standard InChI is InChI=1S/C83H105N3O2/c1-23-57(24-2)86-74(87)66-43-41-64-63-45-46-70(85(60-37-29-55(30-38-60)82(19,20)51-78(9,10)11)61-39-31-56(32-40-61)83(21,22)52-79(12,13)14)69-48-62(47-68(71(63)69)65-42-44-67(75(86)88)73(66)72(64)65)84(58-33-25-53(26-34-58)80(15,16)49-76(3,4)5)59-35-27-54(28-36-59)81(17,18)50-77(6,7)8/h25-48,57,75,88H,23-24,49-52H2,1-22H3. The lowest BCUT2D eigenvalue weighted by atomic mass is 9.72. The van der Waals surface area contributed by atoms with E-state index in [1.807, 2.05) is 6.07 Å². The molecule has 0 saturated heterocycles. The Kier molecular flexibility index (Phi) is 16.6. The fourth-order valence-electron chi connectivity index (χ4n) is 16.9. The minimum absolute atomic E-state index is 0.0388. The molecule has 1 amide bonds. The summed E-state index contributed by atoms with van der Waals surface area (Å²) in [6.45, 7) is 51.4. The largest absolute Gasteiger partial charge is 0.369 e. The summed E-state index contributed by atoms with van der Waals surface area (Å²) in [7, 11) is 0. The highest BCUT2D eigenvalue weighted by molar-refractivity contribution is 6.37. The van der Waals surface area contributed by atoms with Crippen molar-refractivity contribution in [2.45, 2.75) is 225 Å². The number of fused-ring (bicyclic) bond motifs is 2. The van der Waals surface area contributed by atoms with E-state index >= 15 is 0 Å². The Morgan fingerprint density at radius 2 is 0.705 bits per heavy atom. The fourth-order valence-corrected chi connectivity index (χ4v) is 16.9. The van der Waals surface area contributed by atoms with Gasteiger partial charge in [0.05, 0.1) is 5.69 Å². The lowest BCUT2D eigenvalue weighted by molar-refractivity contribution is -0.0173. The van der Waals surface area contributed by atoms with Gasteiger partial charge in [-0.15, -0.1) is 0 Å². The molecule has 9 aromatic rings. The minimum Gasteiger partial charge on any atom is -0.369 e. The molecule has 1 aliphatic heterocycles. The van der Waals surface area contributed by atoms with Gasteiger partial charge in [0, 0.05) is 56.4 Å². The summed E-state index contributed by atoms with van der Waals surface area (Å²) in [5.74, 6) is -0.108. The van der Waals surface area contributed by atoms with E-state index in [0.717, 1.165) is 121 Å². The molecular weight excluding hydrogens is 1070 g/mol. The van der Waals surface area contributed by atoms with Gasteiger partial charge in [0.2, 0.25) is 0 Å². The SMILES string of the molecule is CCC(CC)N1C(=O)c2ccc3c4ccc(N(c5ccc(C(C)(C)CC(C)(C)C)cc5)c5ccc(C(C)(C)CC(C)(C)C)cc5)c5cc(N(c6ccc(C(C)(C)CC(C)(C)C)cc6)c6ccc(C(C)(C)CC(C)(C)C)cc6)cc(c6ccc(c2c36)C1O)c54. The monoisotopic (exact) mass is 1180 g/mol. The van der Waals surface area contributed by atoms with Crippen LogP contribution in [0.25, 0.3) is 43.1 Å². The Hall–Kier alpha value is -6.69. The molecule has 88 heavy (non-hydrogen) atoms. The molecule has 1 atom stereocenters. The summed E-state index contributed by atoms with van der Waals surface area (Å²) in [6.07, 6.45) is 4.67. The van der Waals surface area contributed by atoms with Gasteiger partial charge >= 0.3 is 0 Å². The smallest absolute Gasteiger partial charge is 0.257 e. The molecule has 5 heteroatoms. The molecular formula is C83H105N3O2. The summed E-state index contributed by atoms with van der Waals surface area (Å²) in [5, 5.41) is 20.9. The Morgan fingerprint density at radius 3 is 1.08 bits per heavy atom. The zero-order valence-electron chi connectivity index (χ0n) is 58.0. The number of amides is 1. The van der Waals surface area contributed by atoms with Crippen molar-refractivity contribution in [1.82, 2.24) is 4.90 Å². The highest BCUT2D eigenvalue weighted by atomic mass is 16.3. The zero-order chi connectivity index (χ0) is 64.2. The molecule has 0 saturated carbocycles. The predicted molar refractivity (Wildman–Crippen MR) is 381 cm³/mol. The molecule has 0 spiro atoms. The maximum absolute atomic E-state index is 14.9. The van der Waals surface area contributed by atoms with Gasteiger partial charge < -0.3 is 19.8 Å². The van der Waals surface area contributed by atoms with E-state index in [4.69, 9.17) is 0 Å². The van der Waals surface area contributed by atoms with Crippen LogP contribution in [0.1, 0.15) is 235 Å². The number of carbonyl (C=O) groups excluding carboxylic acids is 1. The molecule has 0 fully saturated rings.